The largest absolute Gasteiger partial charge is 0.417 e. The molecule has 0 bridgehead atoms. The van der Waals surface area contributed by atoms with Crippen molar-refractivity contribution in [1.29, 1.82) is 0 Å². The lowest BCUT2D eigenvalue weighted by molar-refractivity contribution is -0.137. The monoisotopic (exact) mass is 517 g/mol. The van der Waals surface area contributed by atoms with Gasteiger partial charge >= 0.3 is 6.18 Å². The average molecular weight is 518 g/mol. The van der Waals surface area contributed by atoms with Crippen molar-refractivity contribution >= 4 is 11.5 Å². The third kappa shape index (κ3) is 6.56. The predicted molar refractivity (Wildman–Crippen MR) is 135 cm³/mol. The SMILES string of the molecule is C=C(Nc1ccc(-c2cc(F)cc(F)c2)cc1)N(CNC)C1CCN(c2ccc(C(F)(F)F)cn2)CC1. The fraction of sp³-hybridized carbons (Fsp3) is 0.296. The van der Waals surface area contributed by atoms with Crippen LogP contribution >= 0.6 is 0 Å². The lowest BCUT2D eigenvalue weighted by Gasteiger charge is -2.41. The van der Waals surface area contributed by atoms with E-state index in [1.165, 1.54) is 18.2 Å². The molecule has 3 aromatic rings. The third-order valence-electron chi connectivity index (χ3n) is 6.35. The van der Waals surface area contributed by atoms with E-state index >= 15 is 0 Å². The van der Waals surface area contributed by atoms with Crippen LogP contribution in [0.25, 0.3) is 11.1 Å². The van der Waals surface area contributed by atoms with Gasteiger partial charge in [-0.05, 0) is 67.4 Å². The number of pyridine rings is 1. The van der Waals surface area contributed by atoms with Gasteiger partial charge in [0.05, 0.1) is 18.1 Å². The summed E-state index contributed by atoms with van der Waals surface area (Å²) in [6, 6.07) is 13.2. The van der Waals surface area contributed by atoms with Crippen LogP contribution < -0.4 is 15.5 Å². The van der Waals surface area contributed by atoms with Crippen molar-refractivity contribution in [3.8, 4) is 11.1 Å². The molecule has 0 radical (unpaired) electrons. The van der Waals surface area contributed by atoms with E-state index in [1.54, 1.807) is 12.1 Å². The molecule has 37 heavy (non-hydrogen) atoms. The lowest BCUT2D eigenvalue weighted by Crippen LogP contribution is -2.48. The second-order valence-electron chi connectivity index (χ2n) is 8.91. The highest BCUT2D eigenvalue weighted by Gasteiger charge is 2.31. The smallest absolute Gasteiger partial charge is 0.356 e. The molecule has 1 fully saturated rings. The Balaban J connectivity index is 1.37. The van der Waals surface area contributed by atoms with Crippen molar-refractivity contribution in [2.45, 2.75) is 25.1 Å². The van der Waals surface area contributed by atoms with E-state index in [0.29, 0.717) is 42.5 Å². The van der Waals surface area contributed by atoms with Crippen LogP contribution in [0.4, 0.5) is 33.5 Å². The minimum atomic E-state index is -4.41. The number of anilines is 2. The summed E-state index contributed by atoms with van der Waals surface area (Å²) in [6.07, 6.45) is -1.99. The number of nitrogens with zero attached hydrogens (tertiary/aromatic N) is 3. The first-order valence-corrected chi connectivity index (χ1v) is 11.9. The van der Waals surface area contributed by atoms with Gasteiger partial charge in [-0.3, -0.25) is 0 Å². The highest BCUT2D eigenvalue weighted by atomic mass is 19.4. The Morgan fingerprint density at radius 2 is 1.65 bits per heavy atom. The van der Waals surface area contributed by atoms with Crippen LogP contribution in [0.3, 0.4) is 0 Å². The molecular formula is C27H28F5N5. The number of rotatable bonds is 8. The topological polar surface area (TPSA) is 43.4 Å². The first kappa shape index (κ1) is 26.4. The third-order valence-corrected chi connectivity index (χ3v) is 6.35. The van der Waals surface area contributed by atoms with Gasteiger partial charge in [0.25, 0.3) is 0 Å². The van der Waals surface area contributed by atoms with Crippen LogP contribution in [-0.4, -0.2) is 42.7 Å². The molecule has 0 atom stereocenters. The summed E-state index contributed by atoms with van der Waals surface area (Å²) >= 11 is 0. The molecule has 4 rings (SSSR count). The second-order valence-corrected chi connectivity index (χ2v) is 8.91. The van der Waals surface area contributed by atoms with Crippen molar-refractivity contribution in [2.75, 3.05) is 37.0 Å². The maximum Gasteiger partial charge on any atom is 0.417 e. The molecular weight excluding hydrogens is 489 g/mol. The van der Waals surface area contributed by atoms with Gasteiger partial charge in [-0.1, -0.05) is 18.7 Å². The van der Waals surface area contributed by atoms with Gasteiger partial charge in [-0.15, -0.1) is 0 Å². The van der Waals surface area contributed by atoms with E-state index in [-0.39, 0.29) is 6.04 Å². The molecule has 10 heteroatoms. The number of benzene rings is 2. The van der Waals surface area contributed by atoms with Gasteiger partial charge in [0.2, 0.25) is 0 Å². The Morgan fingerprint density at radius 1 is 1.00 bits per heavy atom. The van der Waals surface area contributed by atoms with Crippen molar-refractivity contribution in [3.05, 3.63) is 90.4 Å². The van der Waals surface area contributed by atoms with Crippen molar-refractivity contribution < 1.29 is 22.0 Å². The van der Waals surface area contributed by atoms with E-state index in [2.05, 4.69) is 27.1 Å². The van der Waals surface area contributed by atoms with Gasteiger partial charge in [0.15, 0.2) is 0 Å². The standard InChI is InChI=1S/C27H28F5N5/c1-18(35-24-6-3-19(4-7-24)20-13-22(28)15-23(29)14-20)37(17-33-2)25-9-11-36(12-10-25)26-8-5-21(16-34-26)27(30,31)32/h3-8,13-16,25,33,35H,1,9-12,17H2,2H3. The molecule has 1 aliphatic heterocycles. The first-order valence-electron chi connectivity index (χ1n) is 11.9. The molecule has 1 saturated heterocycles. The summed E-state index contributed by atoms with van der Waals surface area (Å²) in [5.41, 5.74) is 1.16. The van der Waals surface area contributed by atoms with Gasteiger partial charge in [-0.25, -0.2) is 13.8 Å². The Hall–Kier alpha value is -3.66. The quantitative estimate of drug-likeness (QED) is 0.280. The van der Waals surface area contributed by atoms with Gasteiger partial charge < -0.3 is 20.4 Å². The number of alkyl halides is 3. The molecule has 2 aromatic carbocycles. The number of aromatic nitrogens is 1. The first-order chi connectivity index (χ1) is 17.6. The van der Waals surface area contributed by atoms with Crippen LogP contribution in [0.5, 0.6) is 0 Å². The Labute approximate surface area is 212 Å². The molecule has 0 aliphatic carbocycles. The Kier molecular flexibility index (Phi) is 7.97. The van der Waals surface area contributed by atoms with Gasteiger partial charge in [-0.2, -0.15) is 13.2 Å². The summed E-state index contributed by atoms with van der Waals surface area (Å²) in [4.78, 5) is 8.12. The van der Waals surface area contributed by atoms with E-state index in [4.69, 9.17) is 0 Å². The summed E-state index contributed by atoms with van der Waals surface area (Å²) < 4.78 is 65.6. The zero-order valence-electron chi connectivity index (χ0n) is 20.3. The van der Waals surface area contributed by atoms with Crippen LogP contribution in [-0.2, 0) is 6.18 Å². The predicted octanol–water partition coefficient (Wildman–Crippen LogP) is 6.08. The van der Waals surface area contributed by atoms with Crippen molar-refractivity contribution in [3.63, 3.8) is 0 Å². The maximum absolute atomic E-state index is 13.6. The van der Waals surface area contributed by atoms with Crippen molar-refractivity contribution in [2.24, 2.45) is 0 Å². The summed E-state index contributed by atoms with van der Waals surface area (Å²) in [7, 11) is 1.84. The molecule has 5 nitrogen and oxygen atoms in total. The fourth-order valence-corrected chi connectivity index (χ4v) is 4.47. The number of nitrogens with one attached hydrogen (secondary N) is 2. The van der Waals surface area contributed by atoms with E-state index in [1.807, 2.05) is 24.1 Å². The molecule has 2 N–H and O–H groups in total. The molecule has 1 aliphatic rings. The highest BCUT2D eigenvalue weighted by Crippen LogP contribution is 2.30. The lowest BCUT2D eigenvalue weighted by atomic mass is 10.0. The number of halogens is 5. The minimum Gasteiger partial charge on any atom is -0.356 e. The Morgan fingerprint density at radius 3 is 2.19 bits per heavy atom. The summed E-state index contributed by atoms with van der Waals surface area (Å²) in [5.74, 6) is -0.0475. The highest BCUT2D eigenvalue weighted by molar-refractivity contribution is 5.66. The van der Waals surface area contributed by atoms with Gasteiger partial charge in [0, 0.05) is 37.1 Å². The molecule has 0 unspecified atom stereocenters. The summed E-state index contributed by atoms with van der Waals surface area (Å²) in [6.45, 7) is 6.05. The maximum atomic E-state index is 13.6. The molecule has 0 spiro atoms. The number of hydrogen-bond donors (Lipinski definition) is 2. The average Bonchev–Trinajstić information content (AvgIpc) is 2.87. The zero-order chi connectivity index (χ0) is 26.6. The van der Waals surface area contributed by atoms with Crippen LogP contribution in [0.15, 0.2) is 73.2 Å². The molecule has 0 amide bonds. The second kappa shape index (κ2) is 11.2. The van der Waals surface area contributed by atoms with Crippen molar-refractivity contribution in [1.82, 2.24) is 15.2 Å². The van der Waals surface area contributed by atoms with Crippen LogP contribution in [0.2, 0.25) is 0 Å². The summed E-state index contributed by atoms with van der Waals surface area (Å²) in [5, 5.41) is 6.46. The van der Waals surface area contributed by atoms with E-state index < -0.39 is 23.4 Å². The van der Waals surface area contributed by atoms with Gasteiger partial charge in [0.1, 0.15) is 17.5 Å². The molecule has 2 heterocycles. The minimum absolute atomic E-state index is 0.160. The van der Waals surface area contributed by atoms with E-state index in [9.17, 15) is 22.0 Å². The van der Waals surface area contributed by atoms with Crippen LogP contribution in [0.1, 0.15) is 18.4 Å². The van der Waals surface area contributed by atoms with E-state index in [0.717, 1.165) is 36.9 Å². The molecule has 1 aromatic heterocycles. The number of piperidine rings is 1. The zero-order valence-corrected chi connectivity index (χ0v) is 20.3. The Bertz CT molecular complexity index is 1180. The number of hydrogen-bond acceptors (Lipinski definition) is 5. The molecule has 196 valence electrons. The fourth-order valence-electron chi connectivity index (χ4n) is 4.47. The normalized spacial score (nSPS) is 14.5. The molecule has 0 saturated carbocycles. The van der Waals surface area contributed by atoms with Crippen LogP contribution in [0, 0.1) is 11.6 Å².